The smallest absolute Gasteiger partial charge is 0.269 e. The number of hydrogen-bond donors (Lipinski definition) is 1. The molecule has 106 valence electrons. The van der Waals surface area contributed by atoms with Gasteiger partial charge in [0.15, 0.2) is 0 Å². The highest BCUT2D eigenvalue weighted by atomic mass is 16.6. The Morgan fingerprint density at radius 3 is 2.70 bits per heavy atom. The first-order valence-electron chi connectivity index (χ1n) is 6.68. The maximum absolute atomic E-state index is 10.9. The van der Waals surface area contributed by atoms with Crippen LogP contribution in [0.3, 0.4) is 0 Å². The topological polar surface area (TPSA) is 90.4 Å². The van der Waals surface area contributed by atoms with Crippen molar-refractivity contribution in [3.05, 3.63) is 33.9 Å². The number of hydrogen-bond acceptors (Lipinski definition) is 5. The van der Waals surface area contributed by atoms with E-state index in [0.717, 1.165) is 37.2 Å². The summed E-state index contributed by atoms with van der Waals surface area (Å²) in [6.07, 6.45) is 2.55. The van der Waals surface area contributed by atoms with Gasteiger partial charge >= 0.3 is 0 Å². The minimum atomic E-state index is -0.529. The molecule has 1 saturated heterocycles. The molecule has 0 aliphatic carbocycles. The Morgan fingerprint density at radius 1 is 1.45 bits per heavy atom. The van der Waals surface area contributed by atoms with Crippen LogP contribution < -0.4 is 4.90 Å². The summed E-state index contributed by atoms with van der Waals surface area (Å²) in [7, 11) is 0. The SMILES string of the molecule is N#C[C@H](CO)Cc1cc([N+](=O)[O-])ccc1N1CCCC1. The highest BCUT2D eigenvalue weighted by Crippen LogP contribution is 2.30. The van der Waals surface area contributed by atoms with Crippen LogP contribution in [0.4, 0.5) is 11.4 Å². The summed E-state index contributed by atoms with van der Waals surface area (Å²) >= 11 is 0. The molecule has 1 atom stereocenters. The Balaban J connectivity index is 2.34. The summed E-state index contributed by atoms with van der Waals surface area (Å²) in [6, 6.07) is 6.80. The van der Waals surface area contributed by atoms with Crippen molar-refractivity contribution in [3.8, 4) is 6.07 Å². The molecule has 6 nitrogen and oxygen atoms in total. The number of nitriles is 1. The zero-order valence-electron chi connectivity index (χ0n) is 11.2. The molecule has 6 heteroatoms. The van der Waals surface area contributed by atoms with Crippen LogP contribution in [-0.2, 0) is 6.42 Å². The quantitative estimate of drug-likeness (QED) is 0.654. The molecule has 20 heavy (non-hydrogen) atoms. The molecular weight excluding hydrogens is 258 g/mol. The van der Waals surface area contributed by atoms with Crippen LogP contribution in [0.15, 0.2) is 18.2 Å². The van der Waals surface area contributed by atoms with Crippen LogP contribution >= 0.6 is 0 Å². The molecule has 0 radical (unpaired) electrons. The molecular formula is C14H17N3O3. The number of aliphatic hydroxyl groups excluding tert-OH is 1. The fourth-order valence-corrected chi connectivity index (χ4v) is 2.53. The summed E-state index contributed by atoms with van der Waals surface area (Å²) in [6.45, 7) is 1.63. The van der Waals surface area contributed by atoms with Crippen molar-refractivity contribution < 1.29 is 10.0 Å². The lowest BCUT2D eigenvalue weighted by Crippen LogP contribution is -2.20. The molecule has 0 unspecified atom stereocenters. The van der Waals surface area contributed by atoms with Gasteiger partial charge in [0.1, 0.15) is 0 Å². The van der Waals surface area contributed by atoms with Crippen molar-refractivity contribution in [2.24, 2.45) is 5.92 Å². The van der Waals surface area contributed by atoms with E-state index in [4.69, 9.17) is 10.4 Å². The lowest BCUT2D eigenvalue weighted by atomic mass is 9.99. The summed E-state index contributed by atoms with van der Waals surface area (Å²) in [5.74, 6) is -0.529. The number of anilines is 1. The van der Waals surface area contributed by atoms with Gasteiger partial charge in [-0.25, -0.2) is 0 Å². The standard InChI is InChI=1S/C14H17N3O3/c15-9-11(10-18)7-12-8-13(17(19)20)3-4-14(12)16-5-1-2-6-16/h3-4,8,11,18H,1-2,5-7,10H2/t11-/m1/s1. The summed E-state index contributed by atoms with van der Waals surface area (Å²) in [5.41, 5.74) is 1.74. The molecule has 1 aromatic carbocycles. The van der Waals surface area contributed by atoms with Gasteiger partial charge in [-0.05, 0) is 30.9 Å². The number of nitrogens with zero attached hydrogens (tertiary/aromatic N) is 3. The lowest BCUT2D eigenvalue weighted by Gasteiger charge is -2.22. The van der Waals surface area contributed by atoms with E-state index in [2.05, 4.69) is 4.90 Å². The third kappa shape index (κ3) is 3.06. The minimum Gasteiger partial charge on any atom is -0.395 e. The molecule has 1 heterocycles. The Hall–Kier alpha value is -2.13. The second-order valence-electron chi connectivity index (χ2n) is 4.98. The van der Waals surface area contributed by atoms with Gasteiger partial charge in [0.25, 0.3) is 5.69 Å². The monoisotopic (exact) mass is 275 g/mol. The first-order valence-corrected chi connectivity index (χ1v) is 6.68. The summed E-state index contributed by atoms with van der Waals surface area (Å²) in [5, 5.41) is 29.0. The van der Waals surface area contributed by atoms with Crippen LogP contribution in [0.5, 0.6) is 0 Å². The largest absolute Gasteiger partial charge is 0.395 e. The van der Waals surface area contributed by atoms with E-state index in [-0.39, 0.29) is 12.3 Å². The third-order valence-electron chi connectivity index (χ3n) is 3.59. The van der Waals surface area contributed by atoms with Crippen LogP contribution in [0.2, 0.25) is 0 Å². The van der Waals surface area contributed by atoms with Gasteiger partial charge in [-0.2, -0.15) is 5.26 Å². The predicted octanol–water partition coefficient (Wildman–Crippen LogP) is 1.87. The van der Waals surface area contributed by atoms with Crippen molar-refractivity contribution in [1.82, 2.24) is 0 Å². The molecule has 1 aromatic rings. The molecule has 1 aliphatic heterocycles. The van der Waals surface area contributed by atoms with Crippen molar-refractivity contribution in [2.45, 2.75) is 19.3 Å². The molecule has 0 bridgehead atoms. The van der Waals surface area contributed by atoms with Crippen molar-refractivity contribution in [2.75, 3.05) is 24.6 Å². The maximum Gasteiger partial charge on any atom is 0.269 e. The molecule has 2 rings (SSSR count). The van der Waals surface area contributed by atoms with E-state index in [0.29, 0.717) is 6.42 Å². The van der Waals surface area contributed by atoms with E-state index in [1.807, 2.05) is 6.07 Å². The summed E-state index contributed by atoms with van der Waals surface area (Å²) in [4.78, 5) is 12.6. The van der Waals surface area contributed by atoms with Crippen molar-refractivity contribution >= 4 is 11.4 Å². The predicted molar refractivity (Wildman–Crippen MR) is 74.4 cm³/mol. The van der Waals surface area contributed by atoms with Gasteiger partial charge in [0.05, 0.1) is 23.5 Å². The second kappa shape index (κ2) is 6.35. The van der Waals surface area contributed by atoms with Gasteiger partial charge in [-0.15, -0.1) is 0 Å². The number of aliphatic hydroxyl groups is 1. The molecule has 1 fully saturated rings. The molecule has 0 spiro atoms. The Labute approximate surface area is 117 Å². The van der Waals surface area contributed by atoms with Crippen molar-refractivity contribution in [1.29, 1.82) is 5.26 Å². The number of rotatable bonds is 5. The van der Waals surface area contributed by atoms with Gasteiger partial charge in [0.2, 0.25) is 0 Å². The van der Waals surface area contributed by atoms with E-state index < -0.39 is 10.8 Å². The fraction of sp³-hybridized carbons (Fsp3) is 0.500. The molecule has 1 N–H and O–H groups in total. The van der Waals surface area contributed by atoms with Crippen LogP contribution in [0, 0.1) is 27.4 Å². The highest BCUT2D eigenvalue weighted by Gasteiger charge is 2.20. The first kappa shape index (κ1) is 14.3. The zero-order chi connectivity index (χ0) is 14.5. The number of benzene rings is 1. The van der Waals surface area contributed by atoms with Gasteiger partial charge in [0, 0.05) is 30.9 Å². The van der Waals surface area contributed by atoms with Crippen molar-refractivity contribution in [3.63, 3.8) is 0 Å². The summed E-state index contributed by atoms with van der Waals surface area (Å²) < 4.78 is 0. The zero-order valence-corrected chi connectivity index (χ0v) is 11.2. The number of non-ortho nitro benzene ring substituents is 1. The Kier molecular flexibility index (Phi) is 4.53. The van der Waals surface area contributed by atoms with E-state index in [9.17, 15) is 10.1 Å². The van der Waals surface area contributed by atoms with E-state index >= 15 is 0 Å². The van der Waals surface area contributed by atoms with E-state index in [1.165, 1.54) is 12.1 Å². The molecule has 1 aliphatic rings. The van der Waals surface area contributed by atoms with Crippen LogP contribution in [0.25, 0.3) is 0 Å². The average molecular weight is 275 g/mol. The van der Waals surface area contributed by atoms with Gasteiger partial charge < -0.3 is 10.0 Å². The third-order valence-corrected chi connectivity index (χ3v) is 3.59. The number of nitro benzene ring substituents is 1. The van der Waals surface area contributed by atoms with Crippen LogP contribution in [0.1, 0.15) is 18.4 Å². The Bertz CT molecular complexity index is 533. The minimum absolute atomic E-state index is 0.0255. The molecule has 0 aromatic heterocycles. The molecule has 0 amide bonds. The maximum atomic E-state index is 10.9. The first-order chi connectivity index (χ1) is 9.65. The normalized spacial score (nSPS) is 15.9. The van der Waals surface area contributed by atoms with Crippen LogP contribution in [-0.4, -0.2) is 29.7 Å². The van der Waals surface area contributed by atoms with E-state index in [1.54, 1.807) is 6.07 Å². The van der Waals surface area contributed by atoms with Gasteiger partial charge in [-0.1, -0.05) is 0 Å². The van der Waals surface area contributed by atoms with Gasteiger partial charge in [-0.3, -0.25) is 10.1 Å². The fourth-order valence-electron chi connectivity index (χ4n) is 2.53. The average Bonchev–Trinajstić information content (AvgIpc) is 2.98. The lowest BCUT2D eigenvalue weighted by molar-refractivity contribution is -0.384. The molecule has 0 saturated carbocycles. The highest BCUT2D eigenvalue weighted by molar-refractivity contribution is 5.58. The Morgan fingerprint density at radius 2 is 2.15 bits per heavy atom. The second-order valence-corrected chi connectivity index (χ2v) is 4.98. The number of nitro groups is 1.